The van der Waals surface area contributed by atoms with Crippen LogP contribution in [0, 0.1) is 12.8 Å². The largest absolute Gasteiger partial charge is 0.364 e. The Hall–Kier alpha value is -1.58. The number of aromatic amines is 1. The number of rotatable bonds is 3. The maximum atomic E-state index is 12.1. The average Bonchev–Trinajstić information content (AvgIpc) is 2.39. The van der Waals surface area contributed by atoms with Crippen molar-refractivity contribution in [2.24, 2.45) is 5.92 Å². The van der Waals surface area contributed by atoms with E-state index in [9.17, 15) is 9.59 Å². The van der Waals surface area contributed by atoms with Crippen molar-refractivity contribution in [1.29, 1.82) is 0 Å². The number of nitrogens with one attached hydrogen (secondary N) is 2. The maximum Gasteiger partial charge on any atom is 0.256 e. The number of carbonyl (C=O) groups excluding carboxylic acids is 1. The first kappa shape index (κ1) is 13.8. The molecule has 0 saturated heterocycles. The van der Waals surface area contributed by atoms with E-state index in [2.05, 4.69) is 17.2 Å². The monoisotopic (exact) mass is 262 g/mol. The van der Waals surface area contributed by atoms with Gasteiger partial charge in [0.25, 0.3) is 5.91 Å². The second-order valence-corrected chi connectivity index (χ2v) is 5.49. The zero-order chi connectivity index (χ0) is 13.8. The molecule has 4 nitrogen and oxygen atoms in total. The first-order valence-corrected chi connectivity index (χ1v) is 7.10. The summed E-state index contributed by atoms with van der Waals surface area (Å²) in [7, 11) is 0. The molecule has 0 aromatic carbocycles. The molecule has 0 bridgehead atoms. The van der Waals surface area contributed by atoms with Gasteiger partial charge >= 0.3 is 0 Å². The maximum absolute atomic E-state index is 12.1. The Labute approximate surface area is 113 Å². The molecule has 1 heterocycles. The van der Waals surface area contributed by atoms with Gasteiger partial charge in [0.2, 0.25) is 0 Å². The smallest absolute Gasteiger partial charge is 0.256 e. The number of amides is 1. The Bertz CT molecular complexity index is 499. The predicted molar refractivity (Wildman–Crippen MR) is 75.3 cm³/mol. The van der Waals surface area contributed by atoms with Crippen LogP contribution in [0.5, 0.6) is 0 Å². The molecular formula is C15H22N2O2. The zero-order valence-electron chi connectivity index (χ0n) is 11.7. The fourth-order valence-electron chi connectivity index (χ4n) is 2.73. The van der Waals surface area contributed by atoms with E-state index in [1.54, 1.807) is 6.92 Å². The lowest BCUT2D eigenvalue weighted by Gasteiger charge is -2.28. The van der Waals surface area contributed by atoms with E-state index in [4.69, 9.17) is 0 Å². The number of H-pyrrole nitrogens is 1. The van der Waals surface area contributed by atoms with Crippen LogP contribution >= 0.6 is 0 Å². The number of hydrogen-bond acceptors (Lipinski definition) is 2. The summed E-state index contributed by atoms with van der Waals surface area (Å²) in [4.78, 5) is 26.7. The summed E-state index contributed by atoms with van der Waals surface area (Å²) in [5.41, 5.74) is 0.768. The molecule has 2 rings (SSSR count). The summed E-state index contributed by atoms with van der Waals surface area (Å²) in [5, 5.41) is 2.98. The summed E-state index contributed by atoms with van der Waals surface area (Å²) >= 11 is 0. The molecule has 0 radical (unpaired) electrons. The molecule has 1 fully saturated rings. The van der Waals surface area contributed by atoms with Gasteiger partial charge in [0, 0.05) is 24.0 Å². The highest BCUT2D eigenvalue weighted by Crippen LogP contribution is 2.26. The van der Waals surface area contributed by atoms with E-state index < -0.39 is 0 Å². The second-order valence-electron chi connectivity index (χ2n) is 5.49. The SMILES string of the molecule is CCC1CCC(NC(=O)c2c[nH]c(C)cc2=O)CC1. The highest BCUT2D eigenvalue weighted by atomic mass is 16.2. The van der Waals surface area contributed by atoms with E-state index in [1.807, 2.05) is 0 Å². The van der Waals surface area contributed by atoms with Gasteiger partial charge in [0.15, 0.2) is 5.43 Å². The molecular weight excluding hydrogens is 240 g/mol. The molecule has 1 aromatic rings. The Morgan fingerprint density at radius 2 is 2.05 bits per heavy atom. The third kappa shape index (κ3) is 3.46. The minimum Gasteiger partial charge on any atom is -0.364 e. The lowest BCUT2D eigenvalue weighted by atomic mass is 9.84. The minimum atomic E-state index is -0.249. The average molecular weight is 262 g/mol. The quantitative estimate of drug-likeness (QED) is 0.878. The molecule has 104 valence electrons. The highest BCUT2D eigenvalue weighted by molar-refractivity contribution is 5.93. The molecule has 1 aliphatic rings. The number of carbonyl (C=O) groups is 1. The molecule has 0 unspecified atom stereocenters. The van der Waals surface area contributed by atoms with Gasteiger partial charge < -0.3 is 10.3 Å². The second kappa shape index (κ2) is 6.04. The number of aryl methyl sites for hydroxylation is 1. The van der Waals surface area contributed by atoms with Crippen molar-refractivity contribution in [1.82, 2.24) is 10.3 Å². The summed E-state index contributed by atoms with van der Waals surface area (Å²) in [6.45, 7) is 4.02. The normalized spacial score (nSPS) is 23.1. The minimum absolute atomic E-state index is 0.211. The first-order chi connectivity index (χ1) is 9.10. The molecule has 4 heteroatoms. The zero-order valence-corrected chi connectivity index (χ0v) is 11.7. The van der Waals surface area contributed by atoms with Crippen LogP contribution in [-0.4, -0.2) is 16.9 Å². The fourth-order valence-corrected chi connectivity index (χ4v) is 2.73. The third-order valence-corrected chi connectivity index (χ3v) is 4.06. The van der Waals surface area contributed by atoms with Crippen LogP contribution in [-0.2, 0) is 0 Å². The van der Waals surface area contributed by atoms with Crippen LogP contribution in [0.15, 0.2) is 17.1 Å². The van der Waals surface area contributed by atoms with Crippen LogP contribution in [0.1, 0.15) is 55.1 Å². The van der Waals surface area contributed by atoms with Gasteiger partial charge in [-0.15, -0.1) is 0 Å². The van der Waals surface area contributed by atoms with Crippen molar-refractivity contribution in [3.63, 3.8) is 0 Å². The van der Waals surface area contributed by atoms with Gasteiger partial charge in [-0.1, -0.05) is 13.3 Å². The lowest BCUT2D eigenvalue weighted by Crippen LogP contribution is -2.39. The molecule has 0 spiro atoms. The third-order valence-electron chi connectivity index (χ3n) is 4.06. The van der Waals surface area contributed by atoms with E-state index >= 15 is 0 Å². The van der Waals surface area contributed by atoms with Crippen LogP contribution < -0.4 is 10.7 Å². The van der Waals surface area contributed by atoms with Crippen molar-refractivity contribution in [2.45, 2.75) is 52.0 Å². The number of pyridine rings is 1. The van der Waals surface area contributed by atoms with Gasteiger partial charge in [-0.2, -0.15) is 0 Å². The summed E-state index contributed by atoms with van der Waals surface area (Å²) in [5.74, 6) is 0.553. The van der Waals surface area contributed by atoms with Gasteiger partial charge in [-0.25, -0.2) is 0 Å². The van der Waals surface area contributed by atoms with Crippen molar-refractivity contribution < 1.29 is 4.79 Å². The Kier molecular flexibility index (Phi) is 4.40. The van der Waals surface area contributed by atoms with Gasteiger partial charge in [0.1, 0.15) is 5.56 Å². The van der Waals surface area contributed by atoms with E-state index in [0.29, 0.717) is 0 Å². The van der Waals surface area contributed by atoms with E-state index in [0.717, 1.165) is 24.5 Å². The molecule has 1 aliphatic carbocycles. The predicted octanol–water partition coefficient (Wildman–Crippen LogP) is 2.38. The van der Waals surface area contributed by atoms with Gasteiger partial charge in [0.05, 0.1) is 0 Å². The number of hydrogen-bond donors (Lipinski definition) is 2. The van der Waals surface area contributed by atoms with Crippen molar-refractivity contribution >= 4 is 5.91 Å². The topological polar surface area (TPSA) is 62.0 Å². The van der Waals surface area contributed by atoms with Crippen molar-refractivity contribution in [2.75, 3.05) is 0 Å². The van der Waals surface area contributed by atoms with Crippen molar-refractivity contribution in [3.05, 3.63) is 33.7 Å². The van der Waals surface area contributed by atoms with Gasteiger partial charge in [-0.3, -0.25) is 9.59 Å². The molecule has 1 saturated carbocycles. The lowest BCUT2D eigenvalue weighted by molar-refractivity contribution is 0.0920. The van der Waals surface area contributed by atoms with Gasteiger partial charge in [-0.05, 0) is 38.5 Å². The summed E-state index contributed by atoms with van der Waals surface area (Å²) < 4.78 is 0. The molecule has 1 amide bonds. The molecule has 19 heavy (non-hydrogen) atoms. The van der Waals surface area contributed by atoms with E-state index in [1.165, 1.54) is 31.5 Å². The molecule has 2 N–H and O–H groups in total. The highest BCUT2D eigenvalue weighted by Gasteiger charge is 2.22. The Morgan fingerprint density at radius 3 is 2.63 bits per heavy atom. The van der Waals surface area contributed by atoms with E-state index in [-0.39, 0.29) is 22.9 Å². The fraction of sp³-hybridized carbons (Fsp3) is 0.600. The molecule has 1 aromatic heterocycles. The van der Waals surface area contributed by atoms with Crippen LogP contribution in [0.4, 0.5) is 0 Å². The Morgan fingerprint density at radius 1 is 1.37 bits per heavy atom. The number of aromatic nitrogens is 1. The van der Waals surface area contributed by atoms with Crippen LogP contribution in [0.25, 0.3) is 0 Å². The van der Waals surface area contributed by atoms with Crippen molar-refractivity contribution in [3.8, 4) is 0 Å². The Balaban J connectivity index is 1.96. The summed E-state index contributed by atoms with van der Waals surface area (Å²) in [6, 6.07) is 1.68. The molecule has 0 aliphatic heterocycles. The molecule has 0 atom stereocenters. The standard InChI is InChI=1S/C15H22N2O2/c1-3-11-4-6-12(7-5-11)17-15(19)13-9-16-10(2)8-14(13)18/h8-9,11-12H,3-7H2,1-2H3,(H,16,18)(H,17,19). The van der Waals surface area contributed by atoms with Crippen LogP contribution in [0.3, 0.4) is 0 Å². The summed E-state index contributed by atoms with van der Waals surface area (Å²) in [6.07, 6.45) is 7.11. The van der Waals surface area contributed by atoms with Crippen LogP contribution in [0.2, 0.25) is 0 Å². The first-order valence-electron chi connectivity index (χ1n) is 7.10.